The van der Waals surface area contributed by atoms with Gasteiger partial charge in [-0.2, -0.15) is 0 Å². The molecular formula is C9H17NO9P2. The molecule has 0 unspecified atom stereocenters. The van der Waals surface area contributed by atoms with Gasteiger partial charge in [-0.1, -0.05) is 12.2 Å². The van der Waals surface area contributed by atoms with Crippen LogP contribution in [0, 0.1) is 0 Å². The molecule has 0 radical (unpaired) electrons. The Bertz CT molecular complexity index is 457. The maximum atomic E-state index is 10.9. The van der Waals surface area contributed by atoms with Gasteiger partial charge in [-0.15, -0.1) is 0 Å². The van der Waals surface area contributed by atoms with Crippen LogP contribution in [-0.2, 0) is 13.9 Å². The lowest BCUT2D eigenvalue weighted by molar-refractivity contribution is -0.144. The summed E-state index contributed by atoms with van der Waals surface area (Å²) in [6.07, 6.45) is 2.02. The Labute approximate surface area is 120 Å². The topological polar surface area (TPSA) is 176 Å². The van der Waals surface area contributed by atoms with E-state index in [4.69, 9.17) is 29.8 Å². The van der Waals surface area contributed by atoms with E-state index in [1.807, 2.05) is 0 Å². The molecule has 0 aliphatic carbocycles. The van der Waals surface area contributed by atoms with Crippen molar-refractivity contribution >= 4 is 21.2 Å². The van der Waals surface area contributed by atoms with Crippen molar-refractivity contribution in [3.05, 3.63) is 23.8 Å². The summed E-state index contributed by atoms with van der Waals surface area (Å²) in [5.74, 6) is -0.238. The van der Waals surface area contributed by atoms with E-state index in [-0.39, 0.29) is 13.1 Å². The van der Waals surface area contributed by atoms with Crippen LogP contribution in [0.3, 0.4) is 0 Å². The van der Waals surface area contributed by atoms with Gasteiger partial charge in [0.15, 0.2) is 0 Å². The fraction of sp³-hybridized carbons (Fsp3) is 0.444. The number of hydrogen-bond acceptors (Lipinski definition) is 5. The smallest absolute Gasteiger partial charge is 0.348 e. The van der Waals surface area contributed by atoms with E-state index >= 15 is 0 Å². The summed E-state index contributed by atoms with van der Waals surface area (Å²) in [5.41, 5.74) is 0. The minimum absolute atomic E-state index is 0.242. The molecule has 0 amide bonds. The standard InChI is InChI=1S/C9H17NO9P2/c11-7-8(9(12)13)10(3-1-5-20(14,15)16)4-2-6-21(17,18)19/h1-2,5-6,8,11H,3-4,7H2,(H,12,13)(H2,14,15,16)(H2,17,18,19)/t8-/m0/s1. The van der Waals surface area contributed by atoms with Gasteiger partial charge < -0.3 is 29.8 Å². The zero-order valence-corrected chi connectivity index (χ0v) is 12.5. The molecule has 0 saturated heterocycles. The monoisotopic (exact) mass is 345 g/mol. The quantitative estimate of drug-likeness (QED) is 0.288. The molecule has 1 atom stereocenters. The number of aliphatic carboxylic acids is 1. The van der Waals surface area contributed by atoms with Gasteiger partial charge >= 0.3 is 21.2 Å². The van der Waals surface area contributed by atoms with Gasteiger partial charge in [0.1, 0.15) is 6.04 Å². The molecule has 0 aromatic carbocycles. The van der Waals surface area contributed by atoms with Crippen LogP contribution in [0.5, 0.6) is 0 Å². The summed E-state index contributed by atoms with van der Waals surface area (Å²) in [6.45, 7) is -1.26. The number of aliphatic hydroxyl groups is 1. The van der Waals surface area contributed by atoms with E-state index in [1.54, 1.807) is 0 Å². The molecule has 12 heteroatoms. The number of rotatable bonds is 9. The second-order valence-electron chi connectivity index (χ2n) is 3.94. The molecule has 0 aliphatic heterocycles. The number of hydrogen-bond donors (Lipinski definition) is 6. The van der Waals surface area contributed by atoms with Gasteiger partial charge in [0.25, 0.3) is 0 Å². The summed E-state index contributed by atoms with van der Waals surface area (Å²) >= 11 is 0. The average molecular weight is 345 g/mol. The molecule has 0 saturated carbocycles. The average Bonchev–Trinajstić information content (AvgIpc) is 2.25. The molecule has 0 rings (SSSR count). The summed E-state index contributed by atoms with van der Waals surface area (Å²) in [6, 6.07) is -1.38. The normalized spacial score (nSPS) is 15.1. The van der Waals surface area contributed by atoms with E-state index < -0.39 is 33.8 Å². The first-order chi connectivity index (χ1) is 9.46. The van der Waals surface area contributed by atoms with E-state index in [1.165, 1.54) is 0 Å². The van der Waals surface area contributed by atoms with Crippen molar-refractivity contribution in [2.75, 3.05) is 19.7 Å². The molecule has 21 heavy (non-hydrogen) atoms. The van der Waals surface area contributed by atoms with Crippen molar-refractivity contribution in [3.8, 4) is 0 Å². The zero-order valence-electron chi connectivity index (χ0n) is 10.8. The van der Waals surface area contributed by atoms with Crippen LogP contribution < -0.4 is 0 Å². The number of nitrogens with zero attached hydrogens (tertiary/aromatic N) is 1. The van der Waals surface area contributed by atoms with Gasteiger partial charge in [0, 0.05) is 24.7 Å². The summed E-state index contributed by atoms with van der Waals surface area (Å²) in [4.78, 5) is 46.6. The third kappa shape index (κ3) is 10.5. The summed E-state index contributed by atoms with van der Waals surface area (Å²) in [7, 11) is -8.79. The second kappa shape index (κ2) is 8.57. The van der Waals surface area contributed by atoms with Gasteiger partial charge in [-0.3, -0.25) is 18.8 Å². The molecule has 0 aliphatic rings. The Balaban J connectivity index is 4.97. The molecule has 0 heterocycles. The van der Waals surface area contributed by atoms with Gasteiger partial charge in [0.05, 0.1) is 6.61 Å². The first-order valence-electron chi connectivity index (χ1n) is 5.50. The highest BCUT2D eigenvalue weighted by Crippen LogP contribution is 2.36. The van der Waals surface area contributed by atoms with Crippen LogP contribution in [0.2, 0.25) is 0 Å². The highest BCUT2D eigenvalue weighted by molar-refractivity contribution is 7.55. The van der Waals surface area contributed by atoms with E-state index in [2.05, 4.69) is 0 Å². The number of carboxylic acids is 1. The second-order valence-corrected chi connectivity index (χ2v) is 6.89. The molecule has 0 aromatic rings. The van der Waals surface area contributed by atoms with Crippen molar-refractivity contribution in [3.63, 3.8) is 0 Å². The van der Waals surface area contributed by atoms with Crippen LogP contribution in [0.15, 0.2) is 23.8 Å². The molecule has 0 aromatic heterocycles. The van der Waals surface area contributed by atoms with Crippen molar-refractivity contribution in [1.29, 1.82) is 0 Å². The Hall–Kier alpha value is -0.830. The predicted octanol–water partition coefficient (Wildman–Crippen LogP) is -0.883. The van der Waals surface area contributed by atoms with Gasteiger partial charge in [0.2, 0.25) is 0 Å². The lowest BCUT2D eigenvalue weighted by atomic mass is 10.2. The first-order valence-corrected chi connectivity index (χ1v) is 8.86. The van der Waals surface area contributed by atoms with E-state index in [0.717, 1.165) is 17.1 Å². The Kier molecular flexibility index (Phi) is 8.23. The van der Waals surface area contributed by atoms with E-state index in [9.17, 15) is 13.9 Å². The fourth-order valence-corrected chi connectivity index (χ4v) is 2.06. The SMILES string of the molecule is O=C(O)[C@H](CO)N(CC=CP(=O)(O)O)CC=CP(=O)(O)O. The van der Waals surface area contributed by atoms with Crippen LogP contribution in [0.25, 0.3) is 0 Å². The Morgan fingerprint density at radius 2 is 1.38 bits per heavy atom. The summed E-state index contributed by atoms with van der Waals surface area (Å²) in [5, 5.41) is 17.9. The Morgan fingerprint density at radius 1 is 1.00 bits per heavy atom. The maximum Gasteiger partial charge on any atom is 0.348 e. The molecule has 10 nitrogen and oxygen atoms in total. The largest absolute Gasteiger partial charge is 0.480 e. The van der Waals surface area contributed by atoms with Crippen LogP contribution in [-0.4, -0.2) is 66.4 Å². The number of carbonyl (C=O) groups is 1. The van der Waals surface area contributed by atoms with E-state index in [0.29, 0.717) is 11.6 Å². The lowest BCUT2D eigenvalue weighted by Crippen LogP contribution is -2.44. The molecule has 0 fully saturated rings. The van der Waals surface area contributed by atoms with Crippen molar-refractivity contribution in [1.82, 2.24) is 4.90 Å². The lowest BCUT2D eigenvalue weighted by Gasteiger charge is -2.24. The molecule has 0 spiro atoms. The maximum absolute atomic E-state index is 10.9. The van der Waals surface area contributed by atoms with Crippen LogP contribution in [0.1, 0.15) is 0 Å². The minimum Gasteiger partial charge on any atom is -0.480 e. The van der Waals surface area contributed by atoms with Crippen LogP contribution in [0.4, 0.5) is 0 Å². The summed E-state index contributed by atoms with van der Waals surface area (Å²) < 4.78 is 21.3. The fourth-order valence-electron chi connectivity index (χ4n) is 1.32. The molecule has 0 bridgehead atoms. The number of aliphatic hydroxyl groups excluding tert-OH is 1. The molecule has 122 valence electrons. The van der Waals surface area contributed by atoms with Crippen molar-refractivity contribution in [2.45, 2.75) is 6.04 Å². The van der Waals surface area contributed by atoms with Crippen LogP contribution >= 0.6 is 15.2 Å². The highest BCUT2D eigenvalue weighted by Gasteiger charge is 2.23. The number of carboxylic acid groups (broad SMARTS) is 1. The Morgan fingerprint density at radius 3 is 1.62 bits per heavy atom. The predicted molar refractivity (Wildman–Crippen MR) is 72.5 cm³/mol. The molecule has 6 N–H and O–H groups in total. The third-order valence-electron chi connectivity index (χ3n) is 2.18. The van der Waals surface area contributed by atoms with Gasteiger partial charge in [-0.05, 0) is 0 Å². The zero-order chi connectivity index (χ0) is 16.7. The van der Waals surface area contributed by atoms with Gasteiger partial charge in [-0.25, -0.2) is 0 Å². The highest BCUT2D eigenvalue weighted by atomic mass is 31.2. The van der Waals surface area contributed by atoms with Crippen molar-refractivity contribution < 1.29 is 43.7 Å². The first kappa shape index (κ1) is 20.2. The third-order valence-corrected chi connectivity index (χ3v) is 3.38. The minimum atomic E-state index is -4.40. The molecular weight excluding hydrogens is 328 g/mol. The van der Waals surface area contributed by atoms with Crippen molar-refractivity contribution in [2.24, 2.45) is 0 Å².